The van der Waals surface area contributed by atoms with E-state index >= 15 is 0 Å². The zero-order valence-electron chi connectivity index (χ0n) is 18.0. The molecule has 0 spiro atoms. The highest BCUT2D eigenvalue weighted by atomic mass is 32.1. The molecule has 4 rings (SSSR count). The minimum atomic E-state index is -0.0326. The summed E-state index contributed by atoms with van der Waals surface area (Å²) >= 11 is 1.59. The number of aliphatic hydroxyl groups is 1. The van der Waals surface area contributed by atoms with E-state index in [0.717, 1.165) is 45.7 Å². The molecule has 1 amide bonds. The van der Waals surface area contributed by atoms with E-state index in [9.17, 15) is 4.79 Å². The van der Waals surface area contributed by atoms with E-state index in [0.29, 0.717) is 12.1 Å². The number of nitrogens with zero attached hydrogens (tertiary/aromatic N) is 3. The molecule has 164 valence electrons. The van der Waals surface area contributed by atoms with Crippen molar-refractivity contribution >= 4 is 38.0 Å². The van der Waals surface area contributed by atoms with Crippen LogP contribution in [0.2, 0.25) is 0 Å². The van der Waals surface area contributed by atoms with Crippen LogP contribution >= 0.6 is 11.3 Å². The predicted molar refractivity (Wildman–Crippen MR) is 128 cm³/mol. The molecule has 0 saturated carbocycles. The van der Waals surface area contributed by atoms with Gasteiger partial charge in [-0.25, -0.2) is 4.98 Å². The molecular formula is C24H30N4O2S. The number of hydrogen-bond donors (Lipinski definition) is 2. The Hall–Kier alpha value is -2.64. The number of benzene rings is 1. The Kier molecular flexibility index (Phi) is 7.04. The Morgan fingerprint density at radius 1 is 1.26 bits per heavy atom. The summed E-state index contributed by atoms with van der Waals surface area (Å²) in [5.41, 5.74) is 3.28. The van der Waals surface area contributed by atoms with Crippen LogP contribution in [0.3, 0.4) is 0 Å². The summed E-state index contributed by atoms with van der Waals surface area (Å²) in [5.74, 6) is -0.0326. The smallest absolute Gasteiger partial charge is 0.251 e. The molecule has 31 heavy (non-hydrogen) atoms. The van der Waals surface area contributed by atoms with E-state index in [1.165, 1.54) is 38.8 Å². The van der Waals surface area contributed by atoms with Crippen LogP contribution in [0.15, 0.2) is 42.8 Å². The van der Waals surface area contributed by atoms with Gasteiger partial charge in [-0.05, 0) is 70.1 Å². The number of hydrogen-bond acceptors (Lipinski definition) is 5. The maximum atomic E-state index is 12.7. The van der Waals surface area contributed by atoms with Crippen molar-refractivity contribution in [3.8, 4) is 0 Å². The Morgan fingerprint density at radius 3 is 2.81 bits per heavy atom. The number of carbonyl (C=O) groups is 1. The lowest BCUT2D eigenvalue weighted by Crippen LogP contribution is -2.30. The summed E-state index contributed by atoms with van der Waals surface area (Å²) in [6.45, 7) is 6.04. The van der Waals surface area contributed by atoms with Crippen LogP contribution in [0, 0.1) is 0 Å². The van der Waals surface area contributed by atoms with Gasteiger partial charge in [-0.1, -0.05) is 30.3 Å². The van der Waals surface area contributed by atoms with Crippen LogP contribution in [-0.2, 0) is 0 Å². The monoisotopic (exact) mass is 438 g/mol. The second-order valence-electron chi connectivity index (χ2n) is 7.99. The second kappa shape index (κ2) is 10.1. The van der Waals surface area contributed by atoms with Crippen molar-refractivity contribution in [3.63, 3.8) is 0 Å². The molecule has 3 aromatic rings. The number of thiazole rings is 1. The molecule has 7 heteroatoms. The highest BCUT2D eigenvalue weighted by Gasteiger charge is 2.14. The molecule has 0 unspecified atom stereocenters. The third kappa shape index (κ3) is 4.99. The topological polar surface area (TPSA) is 69.9 Å². The largest absolute Gasteiger partial charge is 0.516 e. The van der Waals surface area contributed by atoms with Gasteiger partial charge in [-0.15, -0.1) is 0 Å². The molecule has 1 saturated heterocycles. The average molecular weight is 439 g/mol. The molecule has 0 bridgehead atoms. The van der Waals surface area contributed by atoms with Gasteiger partial charge in [0.25, 0.3) is 5.91 Å². The first-order valence-corrected chi connectivity index (χ1v) is 11.9. The van der Waals surface area contributed by atoms with Gasteiger partial charge in [0.05, 0.1) is 22.2 Å². The van der Waals surface area contributed by atoms with Crippen LogP contribution in [0.1, 0.15) is 55.1 Å². The first kappa shape index (κ1) is 21.6. The zero-order chi connectivity index (χ0) is 21.6. The van der Waals surface area contributed by atoms with E-state index in [4.69, 9.17) is 5.11 Å². The predicted octanol–water partition coefficient (Wildman–Crippen LogP) is 5.02. The SMILES string of the molecule is C/C=C(\C=C/O)c1cn2c(n1)sc1ccc(C(=O)NCCCN3CCCCCC3)cc12. The second-order valence-corrected chi connectivity index (χ2v) is 9.00. The van der Waals surface area contributed by atoms with Crippen molar-refractivity contribution < 1.29 is 9.90 Å². The standard InChI is InChI=1S/C24H30N4O2S/c1-2-18(10-15-29)20-17-28-21-16-19(8-9-22(21)31-24(28)26-20)23(30)25-11-7-14-27-12-5-3-4-6-13-27/h2,8-10,15-17,29H,3-7,11-14H2,1H3,(H,25,30)/b15-10-,18-2+. The van der Waals surface area contributed by atoms with E-state index in [-0.39, 0.29) is 5.91 Å². The number of nitrogens with one attached hydrogen (secondary N) is 1. The molecule has 3 heterocycles. The van der Waals surface area contributed by atoms with Gasteiger partial charge in [0, 0.05) is 23.9 Å². The van der Waals surface area contributed by atoms with E-state index in [1.54, 1.807) is 17.4 Å². The third-order valence-corrected chi connectivity index (χ3v) is 6.89. The number of fused-ring (bicyclic) bond motifs is 3. The van der Waals surface area contributed by atoms with Gasteiger partial charge in [0.15, 0.2) is 4.96 Å². The summed E-state index contributed by atoms with van der Waals surface area (Å²) in [6, 6.07) is 5.81. The number of aromatic nitrogens is 2. The van der Waals surface area contributed by atoms with Crippen LogP contribution in [0.25, 0.3) is 20.8 Å². The summed E-state index contributed by atoms with van der Waals surface area (Å²) in [6.07, 6.45) is 12.8. The molecule has 0 radical (unpaired) electrons. The van der Waals surface area contributed by atoms with E-state index in [1.807, 2.05) is 41.8 Å². The average Bonchev–Trinajstić information content (AvgIpc) is 3.22. The number of likely N-dealkylation sites (tertiary alicyclic amines) is 1. The number of aliphatic hydroxyl groups excluding tert-OH is 1. The van der Waals surface area contributed by atoms with Gasteiger partial charge in [0.1, 0.15) is 0 Å². The minimum absolute atomic E-state index is 0.0326. The van der Waals surface area contributed by atoms with Crippen molar-refractivity contribution in [3.05, 3.63) is 54.1 Å². The Bertz CT molecular complexity index is 1100. The van der Waals surface area contributed by atoms with Crippen molar-refractivity contribution in [2.75, 3.05) is 26.2 Å². The minimum Gasteiger partial charge on any atom is -0.516 e. The molecule has 0 atom stereocenters. The Balaban J connectivity index is 1.43. The van der Waals surface area contributed by atoms with Crippen LogP contribution in [-0.4, -0.2) is 51.5 Å². The lowest BCUT2D eigenvalue weighted by Gasteiger charge is -2.19. The molecule has 2 aromatic heterocycles. The summed E-state index contributed by atoms with van der Waals surface area (Å²) in [4.78, 5) is 20.8. The first-order valence-electron chi connectivity index (χ1n) is 11.1. The Labute approximate surface area is 186 Å². The molecule has 1 aliphatic heterocycles. The van der Waals surface area contributed by atoms with Crippen molar-refractivity contribution in [2.24, 2.45) is 0 Å². The van der Waals surface area contributed by atoms with Crippen LogP contribution in [0.4, 0.5) is 0 Å². The first-order chi connectivity index (χ1) is 15.2. The number of imidazole rings is 1. The fraction of sp³-hybridized carbons (Fsp3) is 0.417. The van der Waals surface area contributed by atoms with Gasteiger partial charge < -0.3 is 15.3 Å². The maximum absolute atomic E-state index is 12.7. The number of amides is 1. The molecule has 0 aliphatic carbocycles. The number of carbonyl (C=O) groups excluding carboxylic acids is 1. The lowest BCUT2D eigenvalue weighted by molar-refractivity contribution is 0.0951. The van der Waals surface area contributed by atoms with Gasteiger partial charge in [-0.2, -0.15) is 0 Å². The highest BCUT2D eigenvalue weighted by molar-refractivity contribution is 7.23. The maximum Gasteiger partial charge on any atom is 0.251 e. The molecule has 1 fully saturated rings. The fourth-order valence-corrected chi connectivity index (χ4v) is 5.14. The Morgan fingerprint density at radius 2 is 2.06 bits per heavy atom. The number of rotatable bonds is 7. The quantitative estimate of drug-likeness (QED) is 0.309. The summed E-state index contributed by atoms with van der Waals surface area (Å²) < 4.78 is 3.10. The van der Waals surface area contributed by atoms with Crippen molar-refractivity contribution in [1.29, 1.82) is 0 Å². The third-order valence-electron chi connectivity index (χ3n) is 5.85. The summed E-state index contributed by atoms with van der Waals surface area (Å²) in [7, 11) is 0. The number of allylic oxidation sites excluding steroid dienone is 3. The molecular weight excluding hydrogens is 408 g/mol. The molecule has 1 aliphatic rings. The normalized spacial score (nSPS) is 16.4. The van der Waals surface area contributed by atoms with E-state index < -0.39 is 0 Å². The van der Waals surface area contributed by atoms with Gasteiger partial charge >= 0.3 is 0 Å². The summed E-state index contributed by atoms with van der Waals surface area (Å²) in [5, 5.41) is 12.2. The highest BCUT2D eigenvalue weighted by Crippen LogP contribution is 2.29. The van der Waals surface area contributed by atoms with Crippen molar-refractivity contribution in [2.45, 2.75) is 39.0 Å². The molecule has 1 aromatic carbocycles. The van der Waals surface area contributed by atoms with E-state index in [2.05, 4.69) is 15.2 Å². The lowest BCUT2D eigenvalue weighted by atomic mass is 10.2. The van der Waals surface area contributed by atoms with Crippen LogP contribution in [0.5, 0.6) is 0 Å². The zero-order valence-corrected chi connectivity index (χ0v) is 18.8. The van der Waals surface area contributed by atoms with Crippen molar-refractivity contribution in [1.82, 2.24) is 19.6 Å². The van der Waals surface area contributed by atoms with Crippen LogP contribution < -0.4 is 5.32 Å². The molecule has 6 nitrogen and oxygen atoms in total. The van der Waals surface area contributed by atoms with Gasteiger partial charge in [-0.3, -0.25) is 9.20 Å². The molecule has 2 N–H and O–H groups in total. The van der Waals surface area contributed by atoms with Gasteiger partial charge in [0.2, 0.25) is 0 Å². The fourth-order valence-electron chi connectivity index (χ4n) is 4.15.